The summed E-state index contributed by atoms with van der Waals surface area (Å²) in [5, 5.41) is 5.08. The van der Waals surface area contributed by atoms with Crippen LogP contribution in [0, 0.1) is 5.82 Å². The van der Waals surface area contributed by atoms with Crippen LogP contribution in [0.25, 0.3) is 0 Å². The minimum atomic E-state index is -0.210. The molecule has 3 rings (SSSR count). The Balaban J connectivity index is 1.67. The summed E-state index contributed by atoms with van der Waals surface area (Å²) in [4.78, 5) is 13.2. The van der Waals surface area contributed by atoms with Gasteiger partial charge >= 0.3 is 0 Å². The molecular weight excluding hydrogens is 297 g/mol. The van der Waals surface area contributed by atoms with Crippen molar-refractivity contribution in [2.75, 3.05) is 6.54 Å². The molecule has 0 atom stereocenters. The van der Waals surface area contributed by atoms with Crippen molar-refractivity contribution in [3.05, 3.63) is 58.0 Å². The fourth-order valence-electron chi connectivity index (χ4n) is 3.32. The third kappa shape index (κ3) is 3.38. The number of carbonyl (C=O) groups excluding carboxylic acids is 1. The normalized spacial score (nSPS) is 16.6. The van der Waals surface area contributed by atoms with Crippen LogP contribution in [0.3, 0.4) is 0 Å². The molecule has 1 N–H and O–H groups in total. The average Bonchev–Trinajstić information content (AvgIpc) is 3.18. The van der Waals surface area contributed by atoms with Gasteiger partial charge in [0.1, 0.15) is 5.82 Å². The van der Waals surface area contributed by atoms with Crippen LogP contribution >= 0.6 is 11.3 Å². The van der Waals surface area contributed by atoms with Gasteiger partial charge in [0, 0.05) is 16.8 Å². The molecule has 1 amide bonds. The number of hydrogen-bond donors (Lipinski definition) is 1. The second-order valence-corrected chi connectivity index (χ2v) is 7.06. The van der Waals surface area contributed by atoms with E-state index in [0.29, 0.717) is 13.0 Å². The first-order chi connectivity index (χ1) is 10.7. The Morgan fingerprint density at radius 2 is 1.91 bits per heavy atom. The zero-order valence-electron chi connectivity index (χ0n) is 12.5. The molecule has 0 aliphatic heterocycles. The SMILES string of the molecule is O=C(Cc1cccs1)NCC1(c2ccc(F)cc2)CCCC1. The Bertz CT molecular complexity index is 615. The molecule has 0 saturated heterocycles. The minimum absolute atomic E-state index is 0.0290. The van der Waals surface area contributed by atoms with Crippen molar-refractivity contribution in [2.45, 2.75) is 37.5 Å². The molecule has 0 unspecified atom stereocenters. The van der Waals surface area contributed by atoms with Crippen LogP contribution in [-0.4, -0.2) is 12.5 Å². The first kappa shape index (κ1) is 15.2. The van der Waals surface area contributed by atoms with E-state index >= 15 is 0 Å². The molecule has 1 saturated carbocycles. The molecule has 0 spiro atoms. The highest BCUT2D eigenvalue weighted by molar-refractivity contribution is 7.10. The summed E-state index contributed by atoms with van der Waals surface area (Å²) in [5.41, 5.74) is 1.11. The summed E-state index contributed by atoms with van der Waals surface area (Å²) in [6.45, 7) is 0.642. The molecule has 2 aromatic rings. The van der Waals surface area contributed by atoms with Crippen LogP contribution < -0.4 is 5.32 Å². The maximum Gasteiger partial charge on any atom is 0.225 e. The first-order valence-corrected chi connectivity index (χ1v) is 8.61. The van der Waals surface area contributed by atoms with Gasteiger partial charge in [-0.05, 0) is 42.0 Å². The number of thiophene rings is 1. The standard InChI is InChI=1S/C18H20FNOS/c19-15-7-5-14(6-8-15)18(9-1-2-10-18)13-20-17(21)12-16-4-3-11-22-16/h3-8,11H,1-2,9-10,12-13H2,(H,20,21). The molecule has 1 aromatic heterocycles. The van der Waals surface area contributed by atoms with E-state index in [4.69, 9.17) is 0 Å². The summed E-state index contributed by atoms with van der Waals surface area (Å²) in [6.07, 6.45) is 4.88. The monoisotopic (exact) mass is 317 g/mol. The van der Waals surface area contributed by atoms with E-state index < -0.39 is 0 Å². The fourth-order valence-corrected chi connectivity index (χ4v) is 4.03. The molecule has 116 valence electrons. The lowest BCUT2D eigenvalue weighted by atomic mass is 9.79. The zero-order valence-corrected chi connectivity index (χ0v) is 13.3. The molecule has 1 aliphatic rings. The van der Waals surface area contributed by atoms with Gasteiger partial charge in [-0.15, -0.1) is 11.3 Å². The lowest BCUT2D eigenvalue weighted by molar-refractivity contribution is -0.120. The van der Waals surface area contributed by atoms with Gasteiger partial charge in [0.05, 0.1) is 6.42 Å². The topological polar surface area (TPSA) is 29.1 Å². The molecular formula is C18H20FNOS. The molecule has 4 heteroatoms. The predicted molar refractivity (Wildman–Crippen MR) is 87.6 cm³/mol. The van der Waals surface area contributed by atoms with E-state index in [2.05, 4.69) is 5.32 Å². The van der Waals surface area contributed by atoms with Crippen LogP contribution in [0.15, 0.2) is 41.8 Å². The number of benzene rings is 1. The minimum Gasteiger partial charge on any atom is -0.355 e. The third-order valence-electron chi connectivity index (χ3n) is 4.56. The summed E-state index contributed by atoms with van der Waals surface area (Å²) >= 11 is 1.60. The van der Waals surface area contributed by atoms with E-state index in [1.54, 1.807) is 11.3 Å². The first-order valence-electron chi connectivity index (χ1n) is 7.73. The lowest BCUT2D eigenvalue weighted by Gasteiger charge is -2.30. The summed E-state index contributed by atoms with van der Waals surface area (Å²) < 4.78 is 13.2. The maximum absolute atomic E-state index is 13.2. The number of nitrogens with one attached hydrogen (secondary N) is 1. The van der Waals surface area contributed by atoms with Crippen LogP contribution in [0.1, 0.15) is 36.1 Å². The van der Waals surface area contributed by atoms with Crippen molar-refractivity contribution in [3.63, 3.8) is 0 Å². The van der Waals surface area contributed by atoms with Gasteiger partial charge in [-0.1, -0.05) is 31.0 Å². The molecule has 22 heavy (non-hydrogen) atoms. The zero-order chi connectivity index (χ0) is 15.4. The Morgan fingerprint density at radius 3 is 2.55 bits per heavy atom. The van der Waals surface area contributed by atoms with Gasteiger partial charge in [0.15, 0.2) is 0 Å². The quantitative estimate of drug-likeness (QED) is 0.885. The second kappa shape index (κ2) is 6.61. The highest BCUT2D eigenvalue weighted by atomic mass is 32.1. The highest BCUT2D eigenvalue weighted by Crippen LogP contribution is 2.40. The van der Waals surface area contributed by atoms with Gasteiger partial charge in [0.2, 0.25) is 5.91 Å². The molecule has 1 fully saturated rings. The smallest absolute Gasteiger partial charge is 0.225 e. The van der Waals surface area contributed by atoms with Crippen LogP contribution in [0.5, 0.6) is 0 Å². The van der Waals surface area contributed by atoms with Crippen LogP contribution in [0.4, 0.5) is 4.39 Å². The lowest BCUT2D eigenvalue weighted by Crippen LogP contribution is -2.39. The van der Waals surface area contributed by atoms with Gasteiger partial charge < -0.3 is 5.32 Å². The summed E-state index contributed by atoms with van der Waals surface area (Å²) in [7, 11) is 0. The number of amides is 1. The van der Waals surface area contributed by atoms with E-state index in [0.717, 1.165) is 36.1 Å². The molecule has 2 nitrogen and oxygen atoms in total. The van der Waals surface area contributed by atoms with Crippen molar-refractivity contribution in [3.8, 4) is 0 Å². The van der Waals surface area contributed by atoms with Crippen molar-refractivity contribution in [1.82, 2.24) is 5.32 Å². The highest BCUT2D eigenvalue weighted by Gasteiger charge is 2.35. The Labute approximate surface area is 134 Å². The Morgan fingerprint density at radius 1 is 1.18 bits per heavy atom. The Hall–Kier alpha value is -1.68. The Kier molecular flexibility index (Phi) is 4.57. The largest absolute Gasteiger partial charge is 0.355 e. The van der Waals surface area contributed by atoms with Gasteiger partial charge in [-0.3, -0.25) is 4.79 Å². The molecule has 1 aliphatic carbocycles. The number of hydrogen-bond acceptors (Lipinski definition) is 2. The van der Waals surface area contributed by atoms with E-state index in [1.165, 1.54) is 12.1 Å². The maximum atomic E-state index is 13.2. The molecule has 1 heterocycles. The van der Waals surface area contributed by atoms with E-state index in [-0.39, 0.29) is 17.1 Å². The fraction of sp³-hybridized carbons (Fsp3) is 0.389. The number of carbonyl (C=O) groups is 1. The van der Waals surface area contributed by atoms with E-state index in [1.807, 2.05) is 29.6 Å². The van der Waals surface area contributed by atoms with Gasteiger partial charge in [-0.2, -0.15) is 0 Å². The van der Waals surface area contributed by atoms with Crippen LogP contribution in [0.2, 0.25) is 0 Å². The van der Waals surface area contributed by atoms with Gasteiger partial charge in [0.25, 0.3) is 0 Å². The van der Waals surface area contributed by atoms with Crippen molar-refractivity contribution >= 4 is 17.2 Å². The summed E-state index contributed by atoms with van der Waals surface area (Å²) in [6, 6.07) is 10.7. The number of halogens is 1. The van der Waals surface area contributed by atoms with Crippen molar-refractivity contribution in [2.24, 2.45) is 0 Å². The van der Waals surface area contributed by atoms with E-state index in [9.17, 15) is 9.18 Å². The van der Waals surface area contributed by atoms with Gasteiger partial charge in [-0.25, -0.2) is 4.39 Å². The summed E-state index contributed by atoms with van der Waals surface area (Å²) in [5.74, 6) is -0.144. The second-order valence-electron chi connectivity index (χ2n) is 6.03. The third-order valence-corrected chi connectivity index (χ3v) is 5.43. The average molecular weight is 317 g/mol. The molecule has 0 bridgehead atoms. The predicted octanol–water partition coefficient (Wildman–Crippen LogP) is 4.06. The number of rotatable bonds is 5. The van der Waals surface area contributed by atoms with Crippen molar-refractivity contribution in [1.29, 1.82) is 0 Å². The molecule has 1 aromatic carbocycles. The van der Waals surface area contributed by atoms with Crippen molar-refractivity contribution < 1.29 is 9.18 Å². The van der Waals surface area contributed by atoms with Crippen LogP contribution in [-0.2, 0) is 16.6 Å². The molecule has 0 radical (unpaired) electrons.